The van der Waals surface area contributed by atoms with Crippen LogP contribution in [0.1, 0.15) is 20.8 Å². The summed E-state index contributed by atoms with van der Waals surface area (Å²) in [6, 6.07) is 4.94. The van der Waals surface area contributed by atoms with Crippen LogP contribution >= 0.6 is 0 Å². The van der Waals surface area contributed by atoms with Crippen molar-refractivity contribution >= 4 is 27.5 Å². The zero-order valence-electron chi connectivity index (χ0n) is 15.2. The van der Waals surface area contributed by atoms with Crippen molar-refractivity contribution in [3.63, 3.8) is 0 Å². The molecule has 0 aliphatic carbocycles. The van der Waals surface area contributed by atoms with Gasteiger partial charge in [0, 0.05) is 25.7 Å². The van der Waals surface area contributed by atoms with Gasteiger partial charge in [-0.2, -0.15) is 4.72 Å². The lowest BCUT2D eigenvalue weighted by Gasteiger charge is -2.32. The van der Waals surface area contributed by atoms with Gasteiger partial charge in [-0.15, -0.1) is 0 Å². The molecule has 0 aromatic heterocycles. The molecule has 9 heteroatoms. The number of anilines is 1. The lowest BCUT2D eigenvalue weighted by molar-refractivity contribution is -0.138. The van der Waals surface area contributed by atoms with Gasteiger partial charge >= 0.3 is 0 Å². The fraction of sp³-hybridized carbons (Fsp3) is 0.529. The topological polar surface area (TPSA) is 105 Å². The SMILES string of the molecule is CC(=O)Nc1ccc(S(=O)(=O)N[C@H](C(=O)N2CCOCC2)C(C)C)cc1. The van der Waals surface area contributed by atoms with E-state index in [1.807, 2.05) is 0 Å². The second kappa shape index (κ2) is 8.61. The highest BCUT2D eigenvalue weighted by atomic mass is 32.2. The smallest absolute Gasteiger partial charge is 0.241 e. The van der Waals surface area contributed by atoms with Gasteiger partial charge in [0.1, 0.15) is 6.04 Å². The lowest BCUT2D eigenvalue weighted by atomic mass is 10.0. The number of hydrogen-bond donors (Lipinski definition) is 2. The Morgan fingerprint density at radius 2 is 1.69 bits per heavy atom. The van der Waals surface area contributed by atoms with Crippen LogP contribution < -0.4 is 10.0 Å². The summed E-state index contributed by atoms with van der Waals surface area (Å²) >= 11 is 0. The van der Waals surface area contributed by atoms with Crippen LogP contribution in [0, 0.1) is 5.92 Å². The van der Waals surface area contributed by atoms with Gasteiger partial charge in [-0.1, -0.05) is 13.8 Å². The van der Waals surface area contributed by atoms with E-state index < -0.39 is 16.1 Å². The predicted octanol–water partition coefficient (Wildman–Crippen LogP) is 0.807. The van der Waals surface area contributed by atoms with Crippen molar-refractivity contribution in [2.24, 2.45) is 5.92 Å². The summed E-state index contributed by atoms with van der Waals surface area (Å²) in [6.07, 6.45) is 0. The number of morpholine rings is 1. The highest BCUT2D eigenvalue weighted by molar-refractivity contribution is 7.89. The molecule has 0 spiro atoms. The molecular formula is C17H25N3O5S. The van der Waals surface area contributed by atoms with E-state index in [1.54, 1.807) is 18.7 Å². The zero-order chi connectivity index (χ0) is 19.3. The molecule has 0 radical (unpaired) electrons. The minimum Gasteiger partial charge on any atom is -0.378 e. The average Bonchev–Trinajstić information content (AvgIpc) is 2.59. The maximum Gasteiger partial charge on any atom is 0.241 e. The summed E-state index contributed by atoms with van der Waals surface area (Å²) in [5.74, 6) is -0.699. The summed E-state index contributed by atoms with van der Waals surface area (Å²) in [6.45, 7) is 6.78. The Kier molecular flexibility index (Phi) is 6.74. The van der Waals surface area contributed by atoms with E-state index in [-0.39, 0.29) is 22.6 Å². The first kappa shape index (κ1) is 20.3. The number of rotatable bonds is 6. The highest BCUT2D eigenvalue weighted by Crippen LogP contribution is 2.17. The molecule has 1 aliphatic heterocycles. The molecule has 0 unspecified atom stereocenters. The van der Waals surface area contributed by atoms with Gasteiger partial charge in [0.25, 0.3) is 0 Å². The molecule has 144 valence electrons. The molecule has 0 bridgehead atoms. The van der Waals surface area contributed by atoms with E-state index in [0.29, 0.717) is 32.0 Å². The first-order valence-electron chi connectivity index (χ1n) is 8.47. The van der Waals surface area contributed by atoms with E-state index in [0.717, 1.165) is 0 Å². The van der Waals surface area contributed by atoms with Crippen LogP contribution in [0.25, 0.3) is 0 Å². The van der Waals surface area contributed by atoms with Crippen molar-refractivity contribution in [3.8, 4) is 0 Å². The van der Waals surface area contributed by atoms with Crippen molar-refractivity contribution in [2.45, 2.75) is 31.7 Å². The summed E-state index contributed by atoms with van der Waals surface area (Å²) in [5.41, 5.74) is 0.501. The van der Waals surface area contributed by atoms with Crippen LogP contribution in [0.4, 0.5) is 5.69 Å². The van der Waals surface area contributed by atoms with E-state index in [1.165, 1.54) is 31.2 Å². The second-order valence-electron chi connectivity index (χ2n) is 6.49. The number of nitrogens with zero attached hydrogens (tertiary/aromatic N) is 1. The molecule has 1 aromatic rings. The minimum atomic E-state index is -3.87. The van der Waals surface area contributed by atoms with Crippen LogP contribution in [0.15, 0.2) is 29.2 Å². The largest absolute Gasteiger partial charge is 0.378 e. The van der Waals surface area contributed by atoms with Gasteiger partial charge < -0.3 is 15.0 Å². The van der Waals surface area contributed by atoms with Crippen molar-refractivity contribution in [2.75, 3.05) is 31.6 Å². The Bertz CT molecular complexity index is 740. The average molecular weight is 383 g/mol. The van der Waals surface area contributed by atoms with E-state index >= 15 is 0 Å². The molecule has 1 aliphatic rings. The third-order valence-electron chi connectivity index (χ3n) is 4.02. The molecular weight excluding hydrogens is 358 g/mol. The van der Waals surface area contributed by atoms with Gasteiger partial charge in [-0.05, 0) is 30.2 Å². The molecule has 26 heavy (non-hydrogen) atoms. The first-order valence-corrected chi connectivity index (χ1v) is 9.95. The molecule has 1 saturated heterocycles. The molecule has 8 nitrogen and oxygen atoms in total. The van der Waals surface area contributed by atoms with Crippen molar-refractivity contribution in [1.82, 2.24) is 9.62 Å². The lowest BCUT2D eigenvalue weighted by Crippen LogP contribution is -2.53. The predicted molar refractivity (Wildman–Crippen MR) is 97.1 cm³/mol. The number of nitrogens with one attached hydrogen (secondary N) is 2. The number of sulfonamides is 1. The Hall–Kier alpha value is -1.97. The first-order chi connectivity index (χ1) is 12.2. The molecule has 1 heterocycles. The zero-order valence-corrected chi connectivity index (χ0v) is 16.0. The second-order valence-corrected chi connectivity index (χ2v) is 8.20. The van der Waals surface area contributed by atoms with Crippen molar-refractivity contribution in [1.29, 1.82) is 0 Å². The van der Waals surface area contributed by atoms with E-state index in [9.17, 15) is 18.0 Å². The number of benzene rings is 1. The molecule has 0 saturated carbocycles. The number of ether oxygens (including phenoxy) is 1. The van der Waals surface area contributed by atoms with Gasteiger partial charge in [-0.25, -0.2) is 8.42 Å². The van der Waals surface area contributed by atoms with Gasteiger partial charge in [0.2, 0.25) is 21.8 Å². The molecule has 2 N–H and O–H groups in total. The monoisotopic (exact) mass is 383 g/mol. The fourth-order valence-electron chi connectivity index (χ4n) is 2.61. The molecule has 1 fully saturated rings. The molecule has 2 rings (SSSR count). The standard InChI is InChI=1S/C17H25N3O5S/c1-12(2)16(17(22)20-8-10-25-11-9-20)19-26(23,24)15-6-4-14(5-7-15)18-13(3)21/h4-7,12,16,19H,8-11H2,1-3H3,(H,18,21)/t16-/m0/s1. The summed E-state index contributed by atoms with van der Waals surface area (Å²) in [5, 5.41) is 2.58. The highest BCUT2D eigenvalue weighted by Gasteiger charge is 2.32. The Labute approximate surface area is 153 Å². The molecule has 2 amide bonds. The van der Waals surface area contributed by atoms with Crippen molar-refractivity contribution < 1.29 is 22.7 Å². The van der Waals surface area contributed by atoms with Crippen LogP contribution in [0.5, 0.6) is 0 Å². The summed E-state index contributed by atoms with van der Waals surface area (Å²) < 4.78 is 33.1. The van der Waals surface area contributed by atoms with Gasteiger partial charge in [-0.3, -0.25) is 9.59 Å². The Morgan fingerprint density at radius 3 is 2.19 bits per heavy atom. The minimum absolute atomic E-state index is 0.0343. The van der Waals surface area contributed by atoms with Crippen LogP contribution in [0.2, 0.25) is 0 Å². The number of hydrogen-bond acceptors (Lipinski definition) is 5. The van der Waals surface area contributed by atoms with Gasteiger partial charge in [0.05, 0.1) is 18.1 Å². The quantitative estimate of drug-likeness (QED) is 0.756. The third-order valence-corrected chi connectivity index (χ3v) is 5.48. The maximum atomic E-state index is 12.7. The van der Waals surface area contributed by atoms with Crippen molar-refractivity contribution in [3.05, 3.63) is 24.3 Å². The fourth-order valence-corrected chi connectivity index (χ4v) is 3.95. The third kappa shape index (κ3) is 5.26. The Morgan fingerprint density at radius 1 is 1.12 bits per heavy atom. The van der Waals surface area contributed by atoms with Gasteiger partial charge in [0.15, 0.2) is 0 Å². The van der Waals surface area contributed by atoms with E-state index in [2.05, 4.69) is 10.0 Å². The van der Waals surface area contributed by atoms with E-state index in [4.69, 9.17) is 4.74 Å². The summed E-state index contributed by atoms with van der Waals surface area (Å²) in [4.78, 5) is 25.4. The normalized spacial score (nSPS) is 16.4. The van der Waals surface area contributed by atoms with Crippen LogP contribution in [-0.2, 0) is 24.3 Å². The number of carbonyl (C=O) groups is 2. The Balaban J connectivity index is 2.15. The molecule has 1 aromatic carbocycles. The molecule has 1 atom stereocenters. The number of carbonyl (C=O) groups excluding carboxylic acids is 2. The maximum absolute atomic E-state index is 12.7. The van der Waals surface area contributed by atoms with Crippen LogP contribution in [-0.4, -0.2) is 57.5 Å². The number of amides is 2. The summed E-state index contributed by atoms with van der Waals surface area (Å²) in [7, 11) is -3.87. The van der Waals surface area contributed by atoms with Crippen LogP contribution in [0.3, 0.4) is 0 Å².